The van der Waals surface area contributed by atoms with E-state index in [1.807, 2.05) is 38.1 Å². The van der Waals surface area contributed by atoms with Gasteiger partial charge in [-0.05, 0) is 38.3 Å². The summed E-state index contributed by atoms with van der Waals surface area (Å²) in [6, 6.07) is 7.59. The first-order chi connectivity index (χ1) is 10.1. The first kappa shape index (κ1) is 17.3. The molecule has 0 radical (unpaired) electrons. The van der Waals surface area contributed by atoms with Crippen LogP contribution in [0.1, 0.15) is 32.8 Å². The molecule has 0 heterocycles. The molecule has 0 aliphatic heterocycles. The standard InChI is InChI=1S/C16H26N2O3/c1-4-14-8-5-6-9-15(14)21-12-18-16(19)17-10-7-11-20-13(2)3/h5-6,8-9,13H,4,7,10-12H2,1-3H3,(H2,17,18,19). The second-order valence-electron chi connectivity index (χ2n) is 4.96. The van der Waals surface area contributed by atoms with Gasteiger partial charge in [0.05, 0.1) is 6.10 Å². The number of benzene rings is 1. The summed E-state index contributed by atoms with van der Waals surface area (Å²) in [6.07, 6.45) is 1.93. The van der Waals surface area contributed by atoms with E-state index in [9.17, 15) is 4.79 Å². The maximum absolute atomic E-state index is 11.5. The lowest BCUT2D eigenvalue weighted by molar-refractivity contribution is 0.0774. The molecule has 1 aromatic rings. The topological polar surface area (TPSA) is 59.6 Å². The van der Waals surface area contributed by atoms with E-state index < -0.39 is 0 Å². The van der Waals surface area contributed by atoms with Crippen LogP contribution in [0.4, 0.5) is 4.79 Å². The fraction of sp³-hybridized carbons (Fsp3) is 0.562. The van der Waals surface area contributed by atoms with Crippen molar-refractivity contribution in [1.29, 1.82) is 0 Å². The Labute approximate surface area is 127 Å². The Hall–Kier alpha value is -1.75. The smallest absolute Gasteiger partial charge is 0.317 e. The number of carbonyl (C=O) groups excluding carboxylic acids is 1. The average molecular weight is 294 g/mol. The zero-order valence-corrected chi connectivity index (χ0v) is 13.1. The van der Waals surface area contributed by atoms with E-state index in [4.69, 9.17) is 9.47 Å². The molecule has 0 aliphatic rings. The molecule has 0 aliphatic carbocycles. The zero-order chi connectivity index (χ0) is 15.5. The number of urea groups is 1. The van der Waals surface area contributed by atoms with Gasteiger partial charge in [-0.1, -0.05) is 25.1 Å². The summed E-state index contributed by atoms with van der Waals surface area (Å²) < 4.78 is 11.0. The van der Waals surface area contributed by atoms with Crippen molar-refractivity contribution in [2.24, 2.45) is 0 Å². The van der Waals surface area contributed by atoms with Gasteiger partial charge in [-0.2, -0.15) is 0 Å². The molecule has 0 fully saturated rings. The summed E-state index contributed by atoms with van der Waals surface area (Å²) in [4.78, 5) is 11.5. The highest BCUT2D eigenvalue weighted by Crippen LogP contribution is 2.17. The molecule has 0 saturated carbocycles. The molecule has 0 aromatic heterocycles. The van der Waals surface area contributed by atoms with Crippen LogP contribution in [0.25, 0.3) is 0 Å². The molecule has 5 nitrogen and oxygen atoms in total. The zero-order valence-electron chi connectivity index (χ0n) is 13.1. The van der Waals surface area contributed by atoms with Gasteiger partial charge in [0.15, 0.2) is 6.73 Å². The van der Waals surface area contributed by atoms with Crippen molar-refractivity contribution in [2.45, 2.75) is 39.7 Å². The summed E-state index contributed by atoms with van der Waals surface area (Å²) in [5.74, 6) is 0.811. The van der Waals surface area contributed by atoms with Crippen molar-refractivity contribution in [1.82, 2.24) is 10.6 Å². The summed E-state index contributed by atoms with van der Waals surface area (Å²) in [7, 11) is 0. The molecule has 1 aromatic carbocycles. The summed E-state index contributed by atoms with van der Waals surface area (Å²) >= 11 is 0. The van der Waals surface area contributed by atoms with Gasteiger partial charge in [-0.3, -0.25) is 0 Å². The maximum atomic E-state index is 11.5. The third-order valence-corrected chi connectivity index (χ3v) is 2.87. The summed E-state index contributed by atoms with van der Waals surface area (Å²) in [5, 5.41) is 5.43. The molecular formula is C16H26N2O3. The first-order valence-corrected chi connectivity index (χ1v) is 7.47. The van der Waals surface area contributed by atoms with Crippen LogP contribution in [-0.4, -0.2) is 32.0 Å². The SMILES string of the molecule is CCc1ccccc1OCNC(=O)NCCCOC(C)C. The van der Waals surface area contributed by atoms with Crippen molar-refractivity contribution in [3.63, 3.8) is 0 Å². The Morgan fingerprint density at radius 1 is 1.24 bits per heavy atom. The third-order valence-electron chi connectivity index (χ3n) is 2.87. The highest BCUT2D eigenvalue weighted by molar-refractivity contribution is 5.73. The normalized spacial score (nSPS) is 10.5. The Morgan fingerprint density at radius 2 is 2.00 bits per heavy atom. The number of amides is 2. The van der Waals surface area contributed by atoms with Crippen molar-refractivity contribution in [3.8, 4) is 5.75 Å². The van der Waals surface area contributed by atoms with Crippen LogP contribution in [-0.2, 0) is 11.2 Å². The van der Waals surface area contributed by atoms with Crippen LogP contribution in [0.3, 0.4) is 0 Å². The van der Waals surface area contributed by atoms with Crippen molar-refractivity contribution in [2.75, 3.05) is 19.9 Å². The van der Waals surface area contributed by atoms with Crippen LogP contribution < -0.4 is 15.4 Å². The van der Waals surface area contributed by atoms with Crippen LogP contribution in [0.5, 0.6) is 5.75 Å². The molecule has 0 unspecified atom stereocenters. The number of ether oxygens (including phenoxy) is 2. The molecule has 5 heteroatoms. The fourth-order valence-corrected chi connectivity index (χ4v) is 1.77. The summed E-state index contributed by atoms with van der Waals surface area (Å²) in [6.45, 7) is 7.45. The lowest BCUT2D eigenvalue weighted by atomic mass is 10.1. The monoisotopic (exact) mass is 294 g/mol. The van der Waals surface area contributed by atoms with Crippen molar-refractivity contribution >= 4 is 6.03 Å². The van der Waals surface area contributed by atoms with Crippen LogP contribution in [0.15, 0.2) is 24.3 Å². The van der Waals surface area contributed by atoms with E-state index in [0.29, 0.717) is 13.2 Å². The number of para-hydroxylation sites is 1. The van der Waals surface area contributed by atoms with Gasteiger partial charge in [-0.25, -0.2) is 4.79 Å². The molecule has 0 saturated heterocycles. The molecule has 0 bridgehead atoms. The molecular weight excluding hydrogens is 268 g/mol. The largest absolute Gasteiger partial charge is 0.473 e. The van der Waals surface area contributed by atoms with Gasteiger partial charge >= 0.3 is 6.03 Å². The van der Waals surface area contributed by atoms with E-state index in [2.05, 4.69) is 17.6 Å². The van der Waals surface area contributed by atoms with Crippen molar-refractivity contribution < 1.29 is 14.3 Å². The predicted octanol–water partition coefficient (Wildman–Crippen LogP) is 2.70. The number of nitrogens with one attached hydrogen (secondary N) is 2. The second kappa shape index (κ2) is 10.0. The van der Waals surface area contributed by atoms with Crippen molar-refractivity contribution in [3.05, 3.63) is 29.8 Å². The minimum absolute atomic E-state index is 0.158. The number of hydrogen-bond acceptors (Lipinski definition) is 3. The van der Waals surface area contributed by atoms with Crippen LogP contribution >= 0.6 is 0 Å². The van der Waals surface area contributed by atoms with E-state index in [-0.39, 0.29) is 18.9 Å². The van der Waals surface area contributed by atoms with E-state index in [1.54, 1.807) is 0 Å². The molecule has 1 rings (SSSR count). The Morgan fingerprint density at radius 3 is 2.71 bits per heavy atom. The lowest BCUT2D eigenvalue weighted by Gasteiger charge is -2.12. The minimum atomic E-state index is -0.228. The first-order valence-electron chi connectivity index (χ1n) is 7.47. The molecule has 0 atom stereocenters. The average Bonchev–Trinajstić information content (AvgIpc) is 2.47. The molecule has 2 amide bonds. The highest BCUT2D eigenvalue weighted by Gasteiger charge is 2.02. The minimum Gasteiger partial charge on any atom is -0.473 e. The van der Waals surface area contributed by atoms with Gasteiger partial charge in [0.2, 0.25) is 0 Å². The predicted molar refractivity (Wildman–Crippen MR) is 83.6 cm³/mol. The lowest BCUT2D eigenvalue weighted by Crippen LogP contribution is -2.38. The van der Waals surface area contributed by atoms with Gasteiger partial charge in [-0.15, -0.1) is 0 Å². The van der Waals surface area contributed by atoms with E-state index in [0.717, 1.165) is 24.2 Å². The number of rotatable bonds is 9. The Balaban J connectivity index is 2.13. The molecule has 21 heavy (non-hydrogen) atoms. The molecule has 118 valence electrons. The quantitative estimate of drug-likeness (QED) is 0.544. The number of aryl methyl sites for hydroxylation is 1. The summed E-state index contributed by atoms with van der Waals surface area (Å²) in [5.41, 5.74) is 1.13. The third kappa shape index (κ3) is 7.56. The maximum Gasteiger partial charge on any atom is 0.317 e. The van der Waals surface area contributed by atoms with E-state index in [1.165, 1.54) is 0 Å². The fourth-order valence-electron chi connectivity index (χ4n) is 1.77. The second-order valence-corrected chi connectivity index (χ2v) is 4.96. The highest BCUT2D eigenvalue weighted by atomic mass is 16.5. The van der Waals surface area contributed by atoms with Gasteiger partial charge in [0.1, 0.15) is 5.75 Å². The van der Waals surface area contributed by atoms with Gasteiger partial charge in [0, 0.05) is 13.2 Å². The van der Waals surface area contributed by atoms with Gasteiger partial charge < -0.3 is 20.1 Å². The van der Waals surface area contributed by atoms with Gasteiger partial charge in [0.25, 0.3) is 0 Å². The van der Waals surface area contributed by atoms with Crippen LogP contribution in [0, 0.1) is 0 Å². The number of carbonyl (C=O) groups is 1. The Bertz CT molecular complexity index is 422. The molecule has 2 N–H and O–H groups in total. The van der Waals surface area contributed by atoms with Crippen LogP contribution in [0.2, 0.25) is 0 Å². The Kier molecular flexibility index (Phi) is 8.28. The molecule has 0 spiro atoms. The number of hydrogen-bond donors (Lipinski definition) is 2. The van der Waals surface area contributed by atoms with E-state index >= 15 is 0 Å².